The predicted molar refractivity (Wildman–Crippen MR) is 53.5 cm³/mol. The Bertz CT molecular complexity index is 208. The summed E-state index contributed by atoms with van der Waals surface area (Å²) in [6, 6.07) is 0. The van der Waals surface area contributed by atoms with Gasteiger partial charge >= 0.3 is 0 Å². The summed E-state index contributed by atoms with van der Waals surface area (Å²) >= 11 is 5.65. The summed E-state index contributed by atoms with van der Waals surface area (Å²) in [7, 11) is 0. The molecule has 0 saturated carbocycles. The Balaban J connectivity index is 1.63. The van der Waals surface area contributed by atoms with E-state index in [0.29, 0.717) is 18.6 Å². The maximum atomic E-state index is 5.69. The molecule has 0 bridgehead atoms. The second kappa shape index (κ2) is 3.97. The molecule has 0 aliphatic carbocycles. The van der Waals surface area contributed by atoms with Gasteiger partial charge in [0.2, 0.25) is 0 Å². The molecule has 82 valence electrons. The van der Waals surface area contributed by atoms with E-state index in [1.54, 1.807) is 0 Å². The molecule has 0 aromatic rings. The van der Waals surface area contributed by atoms with Gasteiger partial charge in [-0.25, -0.2) is 0 Å². The second-order valence-electron chi connectivity index (χ2n) is 4.40. The van der Waals surface area contributed by atoms with Gasteiger partial charge in [0.25, 0.3) is 0 Å². The van der Waals surface area contributed by atoms with Gasteiger partial charge in [-0.2, -0.15) is 0 Å². The SMILES string of the molecule is CC1(C)OC[C@@H](CC[C@H]2O[C@H]2CCl)O1. The van der Waals surface area contributed by atoms with Crippen LogP contribution in [0.25, 0.3) is 0 Å². The van der Waals surface area contributed by atoms with Crippen molar-refractivity contribution in [2.45, 2.75) is 50.8 Å². The van der Waals surface area contributed by atoms with Gasteiger partial charge in [0.1, 0.15) is 0 Å². The molecule has 2 rings (SSSR count). The molecule has 0 amide bonds. The van der Waals surface area contributed by atoms with Crippen LogP contribution in [0.2, 0.25) is 0 Å². The van der Waals surface area contributed by atoms with Crippen molar-refractivity contribution in [1.29, 1.82) is 0 Å². The number of alkyl halides is 1. The van der Waals surface area contributed by atoms with Crippen molar-refractivity contribution in [3.63, 3.8) is 0 Å². The Morgan fingerprint density at radius 3 is 2.57 bits per heavy atom. The van der Waals surface area contributed by atoms with E-state index < -0.39 is 5.79 Å². The summed E-state index contributed by atoms with van der Waals surface area (Å²) in [5, 5.41) is 0. The minimum Gasteiger partial charge on any atom is -0.368 e. The smallest absolute Gasteiger partial charge is 0.163 e. The molecule has 2 fully saturated rings. The molecule has 4 heteroatoms. The van der Waals surface area contributed by atoms with Gasteiger partial charge in [0, 0.05) is 0 Å². The van der Waals surface area contributed by atoms with Gasteiger partial charge in [-0.1, -0.05) is 0 Å². The lowest BCUT2D eigenvalue weighted by Gasteiger charge is -2.16. The highest BCUT2D eigenvalue weighted by molar-refractivity contribution is 6.18. The van der Waals surface area contributed by atoms with Crippen LogP contribution >= 0.6 is 11.6 Å². The summed E-state index contributed by atoms with van der Waals surface area (Å²) in [5.74, 6) is 0.207. The van der Waals surface area contributed by atoms with Crippen molar-refractivity contribution in [2.75, 3.05) is 12.5 Å². The third kappa shape index (κ3) is 2.60. The third-order valence-corrected chi connectivity index (χ3v) is 2.98. The van der Waals surface area contributed by atoms with E-state index in [0.717, 1.165) is 12.8 Å². The molecule has 0 aromatic heterocycles. The van der Waals surface area contributed by atoms with Crippen LogP contribution in [0.5, 0.6) is 0 Å². The first-order chi connectivity index (χ1) is 6.61. The van der Waals surface area contributed by atoms with Gasteiger partial charge in [0.05, 0.1) is 30.8 Å². The van der Waals surface area contributed by atoms with Crippen molar-refractivity contribution in [3.05, 3.63) is 0 Å². The topological polar surface area (TPSA) is 31.0 Å². The molecule has 2 saturated heterocycles. The third-order valence-electron chi connectivity index (χ3n) is 2.68. The molecule has 14 heavy (non-hydrogen) atoms. The van der Waals surface area contributed by atoms with Crippen LogP contribution in [0.15, 0.2) is 0 Å². The number of hydrogen-bond acceptors (Lipinski definition) is 3. The van der Waals surface area contributed by atoms with Crippen LogP contribution < -0.4 is 0 Å². The lowest BCUT2D eigenvalue weighted by Crippen LogP contribution is -2.21. The van der Waals surface area contributed by atoms with E-state index in [2.05, 4.69) is 0 Å². The van der Waals surface area contributed by atoms with Gasteiger partial charge < -0.3 is 14.2 Å². The molecule has 0 unspecified atom stereocenters. The first-order valence-electron chi connectivity index (χ1n) is 5.14. The minimum absolute atomic E-state index is 0.227. The Hall–Kier alpha value is 0.170. The molecule has 0 N–H and O–H groups in total. The molecule has 2 heterocycles. The van der Waals surface area contributed by atoms with Crippen molar-refractivity contribution in [3.8, 4) is 0 Å². The van der Waals surface area contributed by atoms with E-state index in [1.807, 2.05) is 13.8 Å². The predicted octanol–water partition coefficient (Wildman–Crippen LogP) is 1.92. The van der Waals surface area contributed by atoms with Crippen LogP contribution in [0.4, 0.5) is 0 Å². The van der Waals surface area contributed by atoms with Gasteiger partial charge in [-0.05, 0) is 26.7 Å². The molecule has 0 aromatic carbocycles. The Kier molecular flexibility index (Phi) is 3.03. The monoisotopic (exact) mass is 220 g/mol. The minimum atomic E-state index is -0.402. The first-order valence-corrected chi connectivity index (χ1v) is 5.67. The number of halogens is 1. The quantitative estimate of drug-likeness (QED) is 0.536. The summed E-state index contributed by atoms with van der Waals surface area (Å²) < 4.78 is 16.5. The molecule has 3 nitrogen and oxygen atoms in total. The van der Waals surface area contributed by atoms with Crippen molar-refractivity contribution in [1.82, 2.24) is 0 Å². The molecule has 0 spiro atoms. The van der Waals surface area contributed by atoms with Gasteiger partial charge in [0.15, 0.2) is 5.79 Å². The average Bonchev–Trinajstić information content (AvgIpc) is 2.81. The average molecular weight is 221 g/mol. The fourth-order valence-electron chi connectivity index (χ4n) is 1.82. The normalized spacial score (nSPS) is 40.1. The summed E-state index contributed by atoms with van der Waals surface area (Å²) in [6.45, 7) is 4.59. The summed E-state index contributed by atoms with van der Waals surface area (Å²) in [4.78, 5) is 0. The maximum Gasteiger partial charge on any atom is 0.163 e. The van der Waals surface area contributed by atoms with Crippen LogP contribution in [-0.2, 0) is 14.2 Å². The largest absolute Gasteiger partial charge is 0.368 e. The fraction of sp³-hybridized carbons (Fsp3) is 1.00. The summed E-state index contributed by atoms with van der Waals surface area (Å²) in [5.41, 5.74) is 0. The Labute approximate surface area is 89.7 Å². The zero-order valence-electron chi connectivity index (χ0n) is 8.66. The van der Waals surface area contributed by atoms with Crippen LogP contribution in [-0.4, -0.2) is 36.6 Å². The highest BCUT2D eigenvalue weighted by Crippen LogP contribution is 2.31. The number of rotatable bonds is 4. The van der Waals surface area contributed by atoms with E-state index in [1.165, 1.54) is 0 Å². The van der Waals surface area contributed by atoms with Crippen LogP contribution in [0.3, 0.4) is 0 Å². The van der Waals surface area contributed by atoms with Gasteiger partial charge in [-0.3, -0.25) is 0 Å². The second-order valence-corrected chi connectivity index (χ2v) is 4.70. The highest BCUT2D eigenvalue weighted by Gasteiger charge is 2.39. The first kappa shape index (κ1) is 10.7. The Morgan fingerprint density at radius 1 is 1.29 bits per heavy atom. The molecular weight excluding hydrogens is 204 g/mol. The lowest BCUT2D eigenvalue weighted by atomic mass is 10.1. The molecular formula is C10H17ClO3. The zero-order valence-corrected chi connectivity index (χ0v) is 9.42. The number of hydrogen-bond donors (Lipinski definition) is 0. The molecule has 3 atom stereocenters. The molecule has 2 aliphatic rings. The zero-order chi connectivity index (χ0) is 10.2. The van der Waals surface area contributed by atoms with Crippen molar-refractivity contribution >= 4 is 11.6 Å². The highest BCUT2D eigenvalue weighted by atomic mass is 35.5. The van der Waals surface area contributed by atoms with Crippen LogP contribution in [0.1, 0.15) is 26.7 Å². The maximum absolute atomic E-state index is 5.69. The van der Waals surface area contributed by atoms with Gasteiger partial charge in [-0.15, -0.1) is 11.6 Å². The lowest BCUT2D eigenvalue weighted by molar-refractivity contribution is -0.139. The van der Waals surface area contributed by atoms with Crippen molar-refractivity contribution < 1.29 is 14.2 Å². The fourth-order valence-corrected chi connectivity index (χ4v) is 2.10. The molecule has 2 aliphatic heterocycles. The number of ether oxygens (including phenoxy) is 3. The summed E-state index contributed by atoms with van der Waals surface area (Å²) in [6.07, 6.45) is 2.90. The molecule has 0 radical (unpaired) electrons. The van der Waals surface area contributed by atoms with Crippen molar-refractivity contribution in [2.24, 2.45) is 0 Å². The van der Waals surface area contributed by atoms with E-state index in [4.69, 9.17) is 25.8 Å². The Morgan fingerprint density at radius 2 is 2.07 bits per heavy atom. The standard InChI is InChI=1S/C10H17ClO3/c1-10(2)12-6-7(14-10)3-4-8-9(5-11)13-8/h7-9H,3-6H2,1-2H3/t7-,8-,9+/m1/s1. The van der Waals surface area contributed by atoms with E-state index in [9.17, 15) is 0 Å². The van der Waals surface area contributed by atoms with E-state index >= 15 is 0 Å². The number of epoxide rings is 1. The van der Waals surface area contributed by atoms with E-state index in [-0.39, 0.29) is 12.2 Å². The van der Waals surface area contributed by atoms with Crippen LogP contribution in [0, 0.1) is 0 Å².